The molecule has 0 amide bonds. The van der Waals surface area contributed by atoms with E-state index in [2.05, 4.69) is 69.4 Å². The first-order valence-electron chi connectivity index (χ1n) is 10.7. The van der Waals surface area contributed by atoms with Gasteiger partial charge < -0.3 is 19.4 Å². The zero-order chi connectivity index (χ0) is 20.9. The van der Waals surface area contributed by atoms with E-state index in [1.54, 1.807) is 6.26 Å². The molecule has 7 nitrogen and oxygen atoms in total. The zero-order valence-electron chi connectivity index (χ0n) is 18.2. The van der Waals surface area contributed by atoms with Gasteiger partial charge in [0.05, 0.1) is 31.1 Å². The Balaban J connectivity index is 1.39. The topological polar surface area (TPSA) is 56.5 Å². The van der Waals surface area contributed by atoms with Crippen LogP contribution in [-0.2, 0) is 11.3 Å². The number of morpholine rings is 1. The molecule has 3 heterocycles. The summed E-state index contributed by atoms with van der Waals surface area (Å²) in [7, 11) is 5.99. The van der Waals surface area contributed by atoms with Crippen molar-refractivity contribution in [2.75, 3.05) is 53.9 Å². The van der Waals surface area contributed by atoms with E-state index in [-0.39, 0.29) is 12.1 Å². The fraction of sp³-hybridized carbons (Fsp3) is 0.522. The van der Waals surface area contributed by atoms with Crippen LogP contribution in [0.2, 0.25) is 0 Å². The van der Waals surface area contributed by atoms with Crippen molar-refractivity contribution < 1.29 is 9.15 Å². The maximum atomic E-state index is 6.13. The molecule has 0 spiro atoms. The van der Waals surface area contributed by atoms with Crippen LogP contribution in [0.3, 0.4) is 0 Å². The monoisotopic (exact) mass is 411 g/mol. The number of hydrogen-bond acceptors (Lipinski definition) is 5. The number of nitrogens with one attached hydrogen (secondary N) is 1. The van der Waals surface area contributed by atoms with Crippen molar-refractivity contribution in [2.24, 2.45) is 4.99 Å². The third-order valence-corrected chi connectivity index (χ3v) is 6.10. The van der Waals surface area contributed by atoms with Crippen molar-refractivity contribution in [1.29, 1.82) is 0 Å². The molecule has 4 rings (SSSR count). The number of furan rings is 1. The summed E-state index contributed by atoms with van der Waals surface area (Å²) in [5.41, 5.74) is 1.35. The molecule has 0 radical (unpaired) electrons. The number of guanidine groups is 1. The second kappa shape index (κ2) is 9.64. The molecule has 1 aromatic carbocycles. The molecule has 3 atom stereocenters. The van der Waals surface area contributed by atoms with E-state index in [0.717, 1.165) is 51.1 Å². The molecule has 0 aliphatic carbocycles. The van der Waals surface area contributed by atoms with E-state index in [9.17, 15) is 0 Å². The first-order chi connectivity index (χ1) is 14.7. The number of nitrogens with zero attached hydrogens (tertiary/aromatic N) is 4. The number of likely N-dealkylation sites (N-methyl/N-ethyl adjacent to an activating group) is 1. The third kappa shape index (κ3) is 4.69. The van der Waals surface area contributed by atoms with Crippen LogP contribution < -0.4 is 5.32 Å². The summed E-state index contributed by atoms with van der Waals surface area (Å²) in [4.78, 5) is 11.6. The maximum Gasteiger partial charge on any atom is 0.193 e. The number of benzene rings is 1. The smallest absolute Gasteiger partial charge is 0.193 e. The van der Waals surface area contributed by atoms with E-state index in [1.807, 2.05) is 19.2 Å². The minimum absolute atomic E-state index is 0.146. The fourth-order valence-electron chi connectivity index (χ4n) is 4.48. The van der Waals surface area contributed by atoms with Gasteiger partial charge >= 0.3 is 0 Å². The van der Waals surface area contributed by atoms with Gasteiger partial charge in [-0.3, -0.25) is 14.8 Å². The summed E-state index contributed by atoms with van der Waals surface area (Å²) in [6.07, 6.45) is 1.94. The number of ether oxygens (including phenoxy) is 1. The Morgan fingerprint density at radius 2 is 2.03 bits per heavy atom. The van der Waals surface area contributed by atoms with Gasteiger partial charge in [0.15, 0.2) is 5.96 Å². The minimum Gasteiger partial charge on any atom is -0.468 e. The van der Waals surface area contributed by atoms with Crippen molar-refractivity contribution in [3.05, 3.63) is 60.1 Å². The van der Waals surface area contributed by atoms with E-state index < -0.39 is 0 Å². The SMILES string of the molecule is CN=C(NCC(c1ccco1)N(C)C)N1CC2OCCN(Cc3ccccc3)C2C1. The second-order valence-corrected chi connectivity index (χ2v) is 8.26. The fourth-order valence-corrected chi connectivity index (χ4v) is 4.48. The summed E-state index contributed by atoms with van der Waals surface area (Å²) >= 11 is 0. The van der Waals surface area contributed by atoms with Crippen molar-refractivity contribution in [1.82, 2.24) is 20.0 Å². The highest BCUT2D eigenvalue weighted by atomic mass is 16.5. The van der Waals surface area contributed by atoms with E-state index >= 15 is 0 Å². The predicted octanol–water partition coefficient (Wildman–Crippen LogP) is 2.04. The molecule has 2 aliphatic heterocycles. The lowest BCUT2D eigenvalue weighted by Gasteiger charge is -2.36. The average Bonchev–Trinajstić information content (AvgIpc) is 3.42. The summed E-state index contributed by atoms with van der Waals surface area (Å²) < 4.78 is 11.8. The zero-order valence-corrected chi connectivity index (χ0v) is 18.2. The molecule has 162 valence electrons. The van der Waals surface area contributed by atoms with E-state index in [1.165, 1.54) is 5.56 Å². The highest BCUT2D eigenvalue weighted by molar-refractivity contribution is 5.80. The molecule has 2 fully saturated rings. The third-order valence-electron chi connectivity index (χ3n) is 6.10. The van der Waals surface area contributed by atoms with Gasteiger partial charge in [-0.05, 0) is 31.8 Å². The minimum atomic E-state index is 0.146. The van der Waals surface area contributed by atoms with Crippen molar-refractivity contribution in [3.8, 4) is 0 Å². The van der Waals surface area contributed by atoms with Gasteiger partial charge in [-0.2, -0.15) is 0 Å². The lowest BCUT2D eigenvalue weighted by Crippen LogP contribution is -2.50. The number of likely N-dealkylation sites (tertiary alicyclic amines) is 1. The van der Waals surface area contributed by atoms with Gasteiger partial charge in [0.2, 0.25) is 0 Å². The van der Waals surface area contributed by atoms with Crippen LogP contribution >= 0.6 is 0 Å². The molecule has 0 bridgehead atoms. The number of aliphatic imine (C=N–C) groups is 1. The highest BCUT2D eigenvalue weighted by Crippen LogP contribution is 2.25. The first kappa shape index (κ1) is 20.9. The van der Waals surface area contributed by atoms with Crippen molar-refractivity contribution in [2.45, 2.75) is 24.7 Å². The van der Waals surface area contributed by atoms with E-state index in [0.29, 0.717) is 6.04 Å². The van der Waals surface area contributed by atoms with Crippen molar-refractivity contribution >= 4 is 5.96 Å². The molecule has 1 aromatic heterocycles. The largest absolute Gasteiger partial charge is 0.468 e. The van der Waals surface area contributed by atoms with Crippen LogP contribution in [0.5, 0.6) is 0 Å². The molecule has 2 saturated heterocycles. The van der Waals surface area contributed by atoms with Crippen molar-refractivity contribution in [3.63, 3.8) is 0 Å². The van der Waals surface area contributed by atoms with Gasteiger partial charge in [0.25, 0.3) is 0 Å². The molecular formula is C23H33N5O2. The summed E-state index contributed by atoms with van der Waals surface area (Å²) in [6.45, 7) is 5.24. The molecule has 0 saturated carbocycles. The molecule has 7 heteroatoms. The lowest BCUT2D eigenvalue weighted by atomic mass is 10.1. The summed E-state index contributed by atoms with van der Waals surface area (Å²) in [6, 6.07) is 15.2. The molecule has 2 aromatic rings. The van der Waals surface area contributed by atoms with Gasteiger partial charge in [-0.15, -0.1) is 0 Å². The average molecular weight is 412 g/mol. The van der Waals surface area contributed by atoms with Crippen LogP contribution in [0.4, 0.5) is 0 Å². The van der Waals surface area contributed by atoms with E-state index in [4.69, 9.17) is 9.15 Å². The first-order valence-corrected chi connectivity index (χ1v) is 10.7. The Labute approximate surface area is 179 Å². The number of hydrogen-bond donors (Lipinski definition) is 1. The summed E-state index contributed by atoms with van der Waals surface area (Å²) in [5.74, 6) is 1.88. The predicted molar refractivity (Wildman–Crippen MR) is 118 cm³/mol. The number of fused-ring (bicyclic) bond motifs is 1. The Bertz CT molecular complexity index is 808. The second-order valence-electron chi connectivity index (χ2n) is 8.26. The normalized spacial score (nSPS) is 23.6. The Hall–Kier alpha value is -2.35. The molecule has 1 N–H and O–H groups in total. The van der Waals surface area contributed by atoms with Crippen LogP contribution in [0.1, 0.15) is 17.4 Å². The number of rotatable bonds is 6. The van der Waals surface area contributed by atoms with Crippen LogP contribution in [0.25, 0.3) is 0 Å². The summed E-state index contributed by atoms with van der Waals surface area (Å²) in [5, 5.41) is 3.56. The molecule has 3 unspecified atom stereocenters. The Kier molecular flexibility index (Phi) is 6.72. The van der Waals surface area contributed by atoms with Crippen LogP contribution in [0, 0.1) is 0 Å². The lowest BCUT2D eigenvalue weighted by molar-refractivity contribution is -0.0502. The highest BCUT2D eigenvalue weighted by Gasteiger charge is 2.41. The molecule has 2 aliphatic rings. The van der Waals surface area contributed by atoms with Crippen LogP contribution in [-0.4, -0.2) is 86.7 Å². The van der Waals surface area contributed by atoms with Crippen LogP contribution in [0.15, 0.2) is 58.1 Å². The standard InChI is InChI=1S/C23H33N5O2/c1-24-23(25-14-19(26(2)3)21-10-7-12-29-21)28-16-20-22(17-28)30-13-11-27(20)15-18-8-5-4-6-9-18/h4-10,12,19-20,22H,11,13-17H2,1-3H3,(H,24,25). The van der Waals surface area contributed by atoms with Gasteiger partial charge in [0.1, 0.15) is 5.76 Å². The van der Waals surface area contributed by atoms with Gasteiger partial charge in [0, 0.05) is 39.8 Å². The molecule has 30 heavy (non-hydrogen) atoms. The van der Waals surface area contributed by atoms with Gasteiger partial charge in [-0.25, -0.2) is 0 Å². The maximum absolute atomic E-state index is 6.13. The Morgan fingerprint density at radius 3 is 2.73 bits per heavy atom. The molecular weight excluding hydrogens is 378 g/mol. The Morgan fingerprint density at radius 1 is 1.20 bits per heavy atom. The quantitative estimate of drug-likeness (QED) is 0.580. The van der Waals surface area contributed by atoms with Gasteiger partial charge in [-0.1, -0.05) is 30.3 Å².